The normalized spacial score (nSPS) is 12.0. The number of nitrogens with zero attached hydrogens (tertiary/aromatic N) is 1. The van der Waals surface area contributed by atoms with Gasteiger partial charge in [0, 0.05) is 10.0 Å². The number of rotatable bonds is 6. The first kappa shape index (κ1) is 21.5. The zero-order chi connectivity index (χ0) is 20.7. The molecule has 0 fully saturated rings. The van der Waals surface area contributed by atoms with Gasteiger partial charge in [0.2, 0.25) is 0 Å². The maximum absolute atomic E-state index is 12.1. The molecule has 0 saturated heterocycles. The maximum Gasteiger partial charge on any atom is 0.349 e. The topological polar surface area (TPSA) is 79.2 Å². The summed E-state index contributed by atoms with van der Waals surface area (Å²) in [7, 11) is 0. The van der Waals surface area contributed by atoms with E-state index in [1.165, 1.54) is 6.08 Å². The second kappa shape index (κ2) is 9.93. The monoisotopic (exact) mass is 416 g/mol. The zero-order valence-corrected chi connectivity index (χ0v) is 16.8. The number of ether oxygens (including phenoxy) is 1. The molecule has 2 aromatic rings. The van der Waals surface area contributed by atoms with E-state index in [0.29, 0.717) is 21.2 Å². The van der Waals surface area contributed by atoms with Crippen LogP contribution in [-0.4, -0.2) is 18.5 Å². The average molecular weight is 417 g/mol. The van der Waals surface area contributed by atoms with Crippen molar-refractivity contribution in [1.29, 1.82) is 5.26 Å². The molecular weight excluding hydrogens is 399 g/mol. The molecule has 0 bridgehead atoms. The van der Waals surface area contributed by atoms with E-state index in [2.05, 4.69) is 5.32 Å². The summed E-state index contributed by atoms with van der Waals surface area (Å²) in [5.74, 6) is -1.38. The van der Waals surface area contributed by atoms with Gasteiger partial charge in [-0.05, 0) is 43.2 Å². The molecule has 2 aromatic carbocycles. The lowest BCUT2D eigenvalue weighted by molar-refractivity contribution is -0.144. The van der Waals surface area contributed by atoms with Crippen molar-refractivity contribution in [2.75, 3.05) is 6.61 Å². The SMILES string of the molecule is Cc1ccc(/C=C(\C#N)C(=O)OCC(=O)N[C@H](C)c2ccc(Cl)cc2Cl)cc1. The highest BCUT2D eigenvalue weighted by atomic mass is 35.5. The number of nitrogens with one attached hydrogen (secondary N) is 1. The molecule has 7 heteroatoms. The summed E-state index contributed by atoms with van der Waals surface area (Å²) >= 11 is 12.0. The second-order valence-corrected chi connectivity index (χ2v) is 6.96. The van der Waals surface area contributed by atoms with E-state index in [9.17, 15) is 14.9 Å². The maximum atomic E-state index is 12.1. The molecule has 0 radical (unpaired) electrons. The lowest BCUT2D eigenvalue weighted by Gasteiger charge is -2.16. The molecule has 5 nitrogen and oxygen atoms in total. The van der Waals surface area contributed by atoms with E-state index in [4.69, 9.17) is 27.9 Å². The third kappa shape index (κ3) is 6.12. The molecule has 0 saturated carbocycles. The Balaban J connectivity index is 1.94. The Labute approximate surface area is 173 Å². The number of amides is 1. The van der Waals surface area contributed by atoms with Gasteiger partial charge in [0.05, 0.1) is 6.04 Å². The van der Waals surface area contributed by atoms with Crippen molar-refractivity contribution in [2.24, 2.45) is 0 Å². The molecule has 1 amide bonds. The summed E-state index contributed by atoms with van der Waals surface area (Å²) in [4.78, 5) is 24.1. The van der Waals surface area contributed by atoms with Gasteiger partial charge in [-0.15, -0.1) is 0 Å². The van der Waals surface area contributed by atoms with E-state index in [0.717, 1.165) is 5.56 Å². The molecule has 0 aliphatic rings. The Morgan fingerprint density at radius 1 is 1.21 bits per heavy atom. The van der Waals surface area contributed by atoms with Crippen molar-refractivity contribution in [3.05, 3.63) is 74.8 Å². The highest BCUT2D eigenvalue weighted by molar-refractivity contribution is 6.35. The molecule has 0 aliphatic carbocycles. The number of carbonyl (C=O) groups is 2. The van der Waals surface area contributed by atoms with Crippen molar-refractivity contribution < 1.29 is 14.3 Å². The highest BCUT2D eigenvalue weighted by Gasteiger charge is 2.16. The number of hydrogen-bond donors (Lipinski definition) is 1. The van der Waals surface area contributed by atoms with Crippen LogP contribution in [0.5, 0.6) is 0 Å². The van der Waals surface area contributed by atoms with Crippen molar-refractivity contribution in [3.63, 3.8) is 0 Å². The molecule has 0 aromatic heterocycles. The lowest BCUT2D eigenvalue weighted by Crippen LogP contribution is -2.31. The molecule has 0 unspecified atom stereocenters. The van der Waals surface area contributed by atoms with Gasteiger partial charge in [0.1, 0.15) is 11.6 Å². The summed E-state index contributed by atoms with van der Waals surface area (Å²) in [5, 5.41) is 12.8. The number of halogens is 2. The third-order valence-corrected chi connectivity index (χ3v) is 4.43. The summed E-state index contributed by atoms with van der Waals surface area (Å²) < 4.78 is 4.94. The van der Waals surface area contributed by atoms with Crippen molar-refractivity contribution in [3.8, 4) is 6.07 Å². The summed E-state index contributed by atoms with van der Waals surface area (Å²) in [6.45, 7) is 3.16. The van der Waals surface area contributed by atoms with Crippen LogP contribution in [0.15, 0.2) is 48.0 Å². The van der Waals surface area contributed by atoms with E-state index in [-0.39, 0.29) is 5.57 Å². The van der Waals surface area contributed by atoms with Gasteiger partial charge < -0.3 is 10.1 Å². The zero-order valence-electron chi connectivity index (χ0n) is 15.3. The highest BCUT2D eigenvalue weighted by Crippen LogP contribution is 2.26. The summed E-state index contributed by atoms with van der Waals surface area (Å²) in [6.07, 6.45) is 1.41. The van der Waals surface area contributed by atoms with Gasteiger partial charge in [0.25, 0.3) is 5.91 Å². The van der Waals surface area contributed by atoms with Crippen LogP contribution in [0.2, 0.25) is 10.0 Å². The Hall–Kier alpha value is -2.81. The Kier molecular flexibility index (Phi) is 7.62. The smallest absolute Gasteiger partial charge is 0.349 e. The molecule has 0 aliphatic heterocycles. The van der Waals surface area contributed by atoms with Gasteiger partial charge in [-0.25, -0.2) is 4.79 Å². The molecule has 144 valence electrons. The summed E-state index contributed by atoms with van der Waals surface area (Å²) in [6, 6.07) is 13.6. The van der Waals surface area contributed by atoms with Crippen LogP contribution in [0.25, 0.3) is 6.08 Å². The Bertz CT molecular complexity index is 947. The predicted octanol–water partition coefficient (Wildman–Crippen LogP) is 4.63. The van der Waals surface area contributed by atoms with Crippen LogP contribution < -0.4 is 5.32 Å². The minimum atomic E-state index is -0.865. The van der Waals surface area contributed by atoms with Crippen LogP contribution in [0.4, 0.5) is 0 Å². The molecule has 1 atom stereocenters. The predicted molar refractivity (Wildman–Crippen MR) is 109 cm³/mol. The second-order valence-electron chi connectivity index (χ2n) is 6.11. The van der Waals surface area contributed by atoms with Crippen LogP contribution in [0.1, 0.15) is 29.7 Å². The largest absolute Gasteiger partial charge is 0.451 e. The minimum absolute atomic E-state index is 0.189. The van der Waals surface area contributed by atoms with E-state index < -0.39 is 24.5 Å². The van der Waals surface area contributed by atoms with Crippen molar-refractivity contribution in [1.82, 2.24) is 5.32 Å². The molecule has 28 heavy (non-hydrogen) atoms. The minimum Gasteiger partial charge on any atom is -0.451 e. The van der Waals surface area contributed by atoms with Gasteiger partial charge in [-0.2, -0.15) is 5.26 Å². The fourth-order valence-electron chi connectivity index (χ4n) is 2.39. The standard InChI is InChI=1S/C21H18Cl2N2O3/c1-13-3-5-15(6-4-13)9-16(11-24)21(27)28-12-20(26)25-14(2)18-8-7-17(22)10-19(18)23/h3-10,14H,12H2,1-2H3,(H,25,26)/b16-9+/t14-/m1/s1. The Morgan fingerprint density at radius 3 is 2.50 bits per heavy atom. The Morgan fingerprint density at radius 2 is 1.89 bits per heavy atom. The van der Waals surface area contributed by atoms with E-state index in [1.54, 1.807) is 43.3 Å². The molecule has 0 heterocycles. The number of nitriles is 1. The van der Waals surface area contributed by atoms with Gasteiger partial charge in [0.15, 0.2) is 6.61 Å². The number of esters is 1. The van der Waals surface area contributed by atoms with Gasteiger partial charge >= 0.3 is 5.97 Å². The van der Waals surface area contributed by atoms with Gasteiger partial charge in [-0.3, -0.25) is 4.79 Å². The first-order valence-electron chi connectivity index (χ1n) is 8.40. The van der Waals surface area contributed by atoms with Crippen LogP contribution >= 0.6 is 23.2 Å². The molecule has 1 N–H and O–H groups in total. The summed E-state index contributed by atoms with van der Waals surface area (Å²) in [5.41, 5.74) is 2.24. The number of benzene rings is 2. The third-order valence-electron chi connectivity index (χ3n) is 3.87. The average Bonchev–Trinajstić information content (AvgIpc) is 2.65. The van der Waals surface area contributed by atoms with Crippen LogP contribution in [-0.2, 0) is 14.3 Å². The van der Waals surface area contributed by atoms with Gasteiger partial charge in [-0.1, -0.05) is 59.1 Å². The quantitative estimate of drug-likeness (QED) is 0.422. The number of aryl methyl sites for hydroxylation is 1. The molecular formula is C21H18Cl2N2O3. The van der Waals surface area contributed by atoms with Crippen LogP contribution in [0, 0.1) is 18.3 Å². The van der Waals surface area contributed by atoms with E-state index in [1.807, 2.05) is 19.1 Å². The fraction of sp³-hybridized carbons (Fsp3) is 0.190. The van der Waals surface area contributed by atoms with E-state index >= 15 is 0 Å². The first-order chi connectivity index (χ1) is 13.3. The molecule has 0 spiro atoms. The first-order valence-corrected chi connectivity index (χ1v) is 9.15. The van der Waals surface area contributed by atoms with Crippen molar-refractivity contribution >= 4 is 41.2 Å². The van der Waals surface area contributed by atoms with Crippen molar-refractivity contribution in [2.45, 2.75) is 19.9 Å². The van der Waals surface area contributed by atoms with Crippen LogP contribution in [0.3, 0.4) is 0 Å². The lowest BCUT2D eigenvalue weighted by atomic mass is 10.1. The number of hydrogen-bond acceptors (Lipinski definition) is 4. The fourth-order valence-corrected chi connectivity index (χ4v) is 2.96. The number of carbonyl (C=O) groups excluding carboxylic acids is 2. The molecule has 2 rings (SSSR count).